The van der Waals surface area contributed by atoms with Crippen LogP contribution < -0.4 is 5.32 Å². The molecule has 0 aliphatic rings. The largest absolute Gasteiger partial charge is 0.396 e. The minimum absolute atomic E-state index is 0.140. The van der Waals surface area contributed by atoms with Crippen LogP contribution in [0.25, 0.3) is 10.9 Å². The summed E-state index contributed by atoms with van der Waals surface area (Å²) in [4.78, 5) is 16.3. The summed E-state index contributed by atoms with van der Waals surface area (Å²) in [7, 11) is 0. The molecule has 0 aliphatic heterocycles. The van der Waals surface area contributed by atoms with E-state index < -0.39 is 0 Å². The second-order valence-electron chi connectivity index (χ2n) is 4.33. The molecule has 0 atom stereocenters. The molecule has 0 saturated heterocycles. The molecule has 20 heavy (non-hydrogen) atoms. The highest BCUT2D eigenvalue weighted by molar-refractivity contribution is 7.99. The molecule has 0 aliphatic carbocycles. The van der Waals surface area contributed by atoms with Crippen molar-refractivity contribution < 1.29 is 9.90 Å². The molecule has 2 aromatic rings. The lowest BCUT2D eigenvalue weighted by molar-refractivity contribution is 0.0951. The number of fused-ring (bicyclic) bond motifs is 1. The summed E-state index contributed by atoms with van der Waals surface area (Å²) in [6, 6.07) is 11.4. The van der Waals surface area contributed by atoms with Gasteiger partial charge in [-0.2, -0.15) is 11.8 Å². The molecule has 1 aromatic carbocycles. The van der Waals surface area contributed by atoms with Crippen molar-refractivity contribution in [2.45, 2.75) is 6.42 Å². The highest BCUT2D eigenvalue weighted by Crippen LogP contribution is 2.11. The third-order valence-corrected chi connectivity index (χ3v) is 3.88. The lowest BCUT2D eigenvalue weighted by atomic mass is 10.2. The van der Waals surface area contributed by atoms with E-state index in [1.165, 1.54) is 0 Å². The van der Waals surface area contributed by atoms with Crippen molar-refractivity contribution in [3.05, 3.63) is 42.1 Å². The van der Waals surface area contributed by atoms with Gasteiger partial charge in [-0.1, -0.05) is 24.3 Å². The Kier molecular flexibility index (Phi) is 5.83. The van der Waals surface area contributed by atoms with Gasteiger partial charge in [0.25, 0.3) is 5.91 Å². The first-order chi connectivity index (χ1) is 9.81. The number of thioether (sulfide) groups is 1. The van der Waals surface area contributed by atoms with Crippen LogP contribution in [0.15, 0.2) is 36.4 Å². The molecule has 0 unspecified atom stereocenters. The van der Waals surface area contributed by atoms with Gasteiger partial charge in [0, 0.05) is 24.3 Å². The van der Waals surface area contributed by atoms with Crippen molar-refractivity contribution in [3.63, 3.8) is 0 Å². The van der Waals surface area contributed by atoms with Gasteiger partial charge in [-0.15, -0.1) is 0 Å². The Morgan fingerprint density at radius 2 is 2.05 bits per heavy atom. The molecule has 4 nitrogen and oxygen atoms in total. The summed E-state index contributed by atoms with van der Waals surface area (Å²) < 4.78 is 0. The van der Waals surface area contributed by atoms with Crippen molar-refractivity contribution in [3.8, 4) is 0 Å². The first-order valence-corrected chi connectivity index (χ1v) is 7.79. The summed E-state index contributed by atoms with van der Waals surface area (Å²) in [5.41, 5.74) is 1.28. The summed E-state index contributed by atoms with van der Waals surface area (Å²) in [5, 5.41) is 12.5. The summed E-state index contributed by atoms with van der Waals surface area (Å²) in [6.07, 6.45) is 0.796. The van der Waals surface area contributed by atoms with Gasteiger partial charge < -0.3 is 10.4 Å². The molecule has 0 radical (unpaired) electrons. The number of nitrogens with one attached hydrogen (secondary N) is 1. The molecule has 5 heteroatoms. The Hall–Kier alpha value is -1.59. The molecule has 0 fully saturated rings. The van der Waals surface area contributed by atoms with Crippen LogP contribution in [0.3, 0.4) is 0 Å². The number of hydrogen-bond donors (Lipinski definition) is 2. The zero-order valence-electron chi connectivity index (χ0n) is 11.2. The predicted octanol–water partition coefficient (Wildman–Crippen LogP) is 2.08. The number of carbonyl (C=O) groups is 1. The van der Waals surface area contributed by atoms with Crippen molar-refractivity contribution in [1.82, 2.24) is 10.3 Å². The molecule has 0 bridgehead atoms. The minimum Gasteiger partial charge on any atom is -0.396 e. The van der Waals surface area contributed by atoms with Gasteiger partial charge in [-0.05, 0) is 24.3 Å². The Morgan fingerprint density at radius 1 is 1.20 bits per heavy atom. The monoisotopic (exact) mass is 290 g/mol. The number of aliphatic hydroxyl groups excluding tert-OH is 1. The average molecular weight is 290 g/mol. The number of nitrogens with zero attached hydrogens (tertiary/aromatic N) is 1. The fourth-order valence-electron chi connectivity index (χ4n) is 1.79. The molecule has 0 saturated carbocycles. The van der Waals surface area contributed by atoms with E-state index in [-0.39, 0.29) is 12.5 Å². The molecule has 1 heterocycles. The highest BCUT2D eigenvalue weighted by Gasteiger charge is 2.07. The fourth-order valence-corrected chi connectivity index (χ4v) is 2.57. The maximum Gasteiger partial charge on any atom is 0.269 e. The summed E-state index contributed by atoms with van der Waals surface area (Å²) >= 11 is 1.72. The van der Waals surface area contributed by atoms with Crippen LogP contribution in [-0.4, -0.2) is 40.7 Å². The number of hydrogen-bond acceptors (Lipinski definition) is 4. The van der Waals surface area contributed by atoms with E-state index in [0.29, 0.717) is 12.2 Å². The third kappa shape index (κ3) is 4.21. The van der Waals surface area contributed by atoms with E-state index in [9.17, 15) is 4.79 Å². The van der Waals surface area contributed by atoms with Crippen LogP contribution in [0, 0.1) is 0 Å². The number of rotatable bonds is 7. The molecular weight excluding hydrogens is 272 g/mol. The van der Waals surface area contributed by atoms with Gasteiger partial charge in [-0.25, -0.2) is 4.98 Å². The van der Waals surface area contributed by atoms with Gasteiger partial charge in [0.2, 0.25) is 0 Å². The van der Waals surface area contributed by atoms with Gasteiger partial charge in [-0.3, -0.25) is 4.79 Å². The number of amides is 1. The van der Waals surface area contributed by atoms with Crippen LogP contribution in [0.1, 0.15) is 16.9 Å². The topological polar surface area (TPSA) is 62.2 Å². The fraction of sp³-hybridized carbons (Fsp3) is 0.333. The van der Waals surface area contributed by atoms with Crippen molar-refractivity contribution in [1.29, 1.82) is 0 Å². The van der Waals surface area contributed by atoms with Crippen molar-refractivity contribution >= 4 is 28.6 Å². The number of pyridine rings is 1. The molecule has 2 N–H and O–H groups in total. The molecule has 2 rings (SSSR count). The third-order valence-electron chi connectivity index (χ3n) is 2.81. The van der Waals surface area contributed by atoms with Crippen molar-refractivity contribution in [2.75, 3.05) is 24.7 Å². The predicted molar refractivity (Wildman–Crippen MR) is 83.1 cm³/mol. The van der Waals surface area contributed by atoms with Crippen LogP contribution in [0.2, 0.25) is 0 Å². The van der Waals surface area contributed by atoms with E-state index in [4.69, 9.17) is 5.11 Å². The van der Waals surface area contributed by atoms with Gasteiger partial charge >= 0.3 is 0 Å². The van der Waals surface area contributed by atoms with Gasteiger partial charge in [0.05, 0.1) is 5.52 Å². The van der Waals surface area contributed by atoms with Gasteiger partial charge in [0.15, 0.2) is 0 Å². The summed E-state index contributed by atoms with van der Waals surface area (Å²) in [6.45, 7) is 0.837. The molecule has 1 amide bonds. The first kappa shape index (κ1) is 14.8. The molecule has 0 spiro atoms. The Labute approximate surface area is 122 Å². The van der Waals surface area contributed by atoms with Crippen LogP contribution in [0.5, 0.6) is 0 Å². The van der Waals surface area contributed by atoms with Crippen LogP contribution in [-0.2, 0) is 0 Å². The minimum atomic E-state index is -0.140. The lowest BCUT2D eigenvalue weighted by Gasteiger charge is -2.05. The number of carbonyl (C=O) groups excluding carboxylic acids is 1. The van der Waals surface area contributed by atoms with Gasteiger partial charge in [0.1, 0.15) is 5.69 Å². The SMILES string of the molecule is O=C(NCCSCCCO)c1ccc2ccccc2n1. The van der Waals surface area contributed by atoms with E-state index in [1.54, 1.807) is 17.8 Å². The summed E-state index contributed by atoms with van der Waals surface area (Å²) in [5.74, 6) is 1.62. The quantitative estimate of drug-likeness (QED) is 0.766. The zero-order chi connectivity index (χ0) is 14.2. The molecule has 1 aromatic heterocycles. The maximum absolute atomic E-state index is 12.0. The molecule has 106 valence electrons. The average Bonchev–Trinajstić information content (AvgIpc) is 2.50. The smallest absolute Gasteiger partial charge is 0.269 e. The second-order valence-corrected chi connectivity index (χ2v) is 5.56. The second kappa shape index (κ2) is 7.87. The Balaban J connectivity index is 1.84. The first-order valence-electron chi connectivity index (χ1n) is 6.64. The zero-order valence-corrected chi connectivity index (χ0v) is 12.0. The van der Waals surface area contributed by atoms with Crippen LogP contribution in [0.4, 0.5) is 0 Å². The number of benzene rings is 1. The number of para-hydroxylation sites is 1. The Morgan fingerprint density at radius 3 is 2.90 bits per heavy atom. The van der Waals surface area contributed by atoms with E-state index >= 15 is 0 Å². The van der Waals surface area contributed by atoms with E-state index in [2.05, 4.69) is 10.3 Å². The standard InChI is InChI=1S/C15H18N2O2S/c18-9-3-10-20-11-8-16-15(19)14-7-6-12-4-1-2-5-13(12)17-14/h1-2,4-7,18H,3,8-11H2,(H,16,19). The molecular formula is C15H18N2O2S. The van der Waals surface area contributed by atoms with E-state index in [0.717, 1.165) is 28.8 Å². The Bertz CT molecular complexity index is 575. The maximum atomic E-state index is 12.0. The van der Waals surface area contributed by atoms with E-state index in [1.807, 2.05) is 30.3 Å². The number of aromatic nitrogens is 1. The van der Waals surface area contributed by atoms with Crippen molar-refractivity contribution in [2.24, 2.45) is 0 Å². The van der Waals surface area contributed by atoms with Crippen LogP contribution >= 0.6 is 11.8 Å². The highest BCUT2D eigenvalue weighted by atomic mass is 32.2. The normalized spacial score (nSPS) is 10.7. The number of aliphatic hydroxyl groups is 1. The lowest BCUT2D eigenvalue weighted by Crippen LogP contribution is -2.26.